The molecule has 0 aliphatic carbocycles. The Labute approximate surface area is 112 Å². The third-order valence-electron chi connectivity index (χ3n) is 2.92. The van der Waals surface area contributed by atoms with Gasteiger partial charge in [-0.3, -0.25) is 4.98 Å². The Hall–Kier alpha value is -1.94. The summed E-state index contributed by atoms with van der Waals surface area (Å²) in [6.45, 7) is 2.24. The molecular formula is C15H18FN3. The zero-order valence-electron chi connectivity index (χ0n) is 10.8. The van der Waals surface area contributed by atoms with Gasteiger partial charge in [0.05, 0.1) is 0 Å². The van der Waals surface area contributed by atoms with Gasteiger partial charge < -0.3 is 10.6 Å². The molecule has 0 aliphatic heterocycles. The van der Waals surface area contributed by atoms with Crippen LogP contribution in [0.4, 0.5) is 10.1 Å². The highest BCUT2D eigenvalue weighted by Gasteiger charge is 2.07. The van der Waals surface area contributed by atoms with Gasteiger partial charge in [0.2, 0.25) is 0 Å². The van der Waals surface area contributed by atoms with Gasteiger partial charge in [-0.25, -0.2) is 4.39 Å². The number of pyridine rings is 1. The Balaban J connectivity index is 2.13. The number of anilines is 1. The molecule has 0 unspecified atom stereocenters. The van der Waals surface area contributed by atoms with Crippen LogP contribution in [0, 0.1) is 5.82 Å². The third-order valence-corrected chi connectivity index (χ3v) is 2.92. The van der Waals surface area contributed by atoms with Gasteiger partial charge in [-0.2, -0.15) is 0 Å². The molecule has 1 heterocycles. The molecule has 0 fully saturated rings. The molecule has 0 bridgehead atoms. The first-order valence-corrected chi connectivity index (χ1v) is 6.39. The molecule has 1 aromatic carbocycles. The van der Waals surface area contributed by atoms with Crippen molar-refractivity contribution in [2.75, 3.05) is 18.0 Å². The lowest BCUT2D eigenvalue weighted by molar-refractivity contribution is 0.627. The molecule has 3 nitrogen and oxygen atoms in total. The minimum absolute atomic E-state index is 0.219. The van der Waals surface area contributed by atoms with Gasteiger partial charge in [-0.05, 0) is 48.9 Å². The lowest BCUT2D eigenvalue weighted by atomic mass is 10.2. The molecule has 0 atom stereocenters. The van der Waals surface area contributed by atoms with E-state index in [1.165, 1.54) is 12.1 Å². The quantitative estimate of drug-likeness (QED) is 0.867. The summed E-state index contributed by atoms with van der Waals surface area (Å²) in [5.74, 6) is -0.219. The zero-order chi connectivity index (χ0) is 13.5. The number of hydrogen-bond acceptors (Lipinski definition) is 3. The fourth-order valence-corrected chi connectivity index (χ4v) is 1.95. The van der Waals surface area contributed by atoms with E-state index < -0.39 is 0 Å². The molecule has 4 heteroatoms. The van der Waals surface area contributed by atoms with Gasteiger partial charge in [0.15, 0.2) is 0 Å². The number of nitrogens with two attached hydrogens (primary N) is 1. The average molecular weight is 259 g/mol. The topological polar surface area (TPSA) is 42.1 Å². The summed E-state index contributed by atoms with van der Waals surface area (Å²) >= 11 is 0. The van der Waals surface area contributed by atoms with E-state index in [0.717, 1.165) is 30.8 Å². The van der Waals surface area contributed by atoms with Crippen LogP contribution >= 0.6 is 0 Å². The zero-order valence-corrected chi connectivity index (χ0v) is 10.8. The number of aromatic nitrogens is 1. The van der Waals surface area contributed by atoms with Crippen LogP contribution in [-0.4, -0.2) is 18.1 Å². The maximum Gasteiger partial charge on any atom is 0.123 e. The predicted octanol–water partition coefficient (Wildman–Crippen LogP) is 2.58. The van der Waals surface area contributed by atoms with E-state index in [-0.39, 0.29) is 5.82 Å². The summed E-state index contributed by atoms with van der Waals surface area (Å²) in [4.78, 5) is 6.30. The van der Waals surface area contributed by atoms with Crippen molar-refractivity contribution in [1.29, 1.82) is 0 Å². The standard InChI is InChI=1S/C15H18FN3/c16-14-4-6-15(7-5-14)19(10-2-8-17)12-13-3-1-9-18-11-13/h1,3-7,9,11H,2,8,10,12,17H2. The largest absolute Gasteiger partial charge is 0.367 e. The fourth-order valence-electron chi connectivity index (χ4n) is 1.95. The molecule has 0 saturated carbocycles. The molecule has 2 N–H and O–H groups in total. The summed E-state index contributed by atoms with van der Waals surface area (Å²) in [5.41, 5.74) is 7.70. The molecule has 0 amide bonds. The summed E-state index contributed by atoms with van der Waals surface area (Å²) < 4.78 is 13.0. The minimum Gasteiger partial charge on any atom is -0.367 e. The van der Waals surface area contributed by atoms with Crippen molar-refractivity contribution in [3.8, 4) is 0 Å². The second-order valence-corrected chi connectivity index (χ2v) is 4.40. The van der Waals surface area contributed by atoms with Crippen LogP contribution in [-0.2, 0) is 6.54 Å². The van der Waals surface area contributed by atoms with Crippen LogP contribution in [0.15, 0.2) is 48.8 Å². The highest BCUT2D eigenvalue weighted by Crippen LogP contribution is 2.17. The van der Waals surface area contributed by atoms with E-state index in [0.29, 0.717) is 6.54 Å². The highest BCUT2D eigenvalue weighted by molar-refractivity contribution is 5.46. The second-order valence-electron chi connectivity index (χ2n) is 4.40. The molecular weight excluding hydrogens is 241 g/mol. The first-order chi connectivity index (χ1) is 9.29. The van der Waals surface area contributed by atoms with E-state index in [1.54, 1.807) is 18.3 Å². The van der Waals surface area contributed by atoms with Crippen LogP contribution in [0.5, 0.6) is 0 Å². The van der Waals surface area contributed by atoms with Crippen molar-refractivity contribution < 1.29 is 4.39 Å². The lowest BCUT2D eigenvalue weighted by Crippen LogP contribution is -2.25. The summed E-state index contributed by atoms with van der Waals surface area (Å²) in [7, 11) is 0. The van der Waals surface area contributed by atoms with Gasteiger partial charge >= 0.3 is 0 Å². The van der Waals surface area contributed by atoms with E-state index in [4.69, 9.17) is 5.73 Å². The number of benzene rings is 1. The summed E-state index contributed by atoms with van der Waals surface area (Å²) in [6.07, 6.45) is 4.50. The van der Waals surface area contributed by atoms with Gasteiger partial charge in [0, 0.05) is 31.2 Å². The molecule has 0 aliphatic rings. The smallest absolute Gasteiger partial charge is 0.123 e. The second kappa shape index (κ2) is 6.85. The molecule has 0 spiro atoms. The molecule has 19 heavy (non-hydrogen) atoms. The molecule has 100 valence electrons. The summed E-state index contributed by atoms with van der Waals surface area (Å²) in [6, 6.07) is 10.5. The highest BCUT2D eigenvalue weighted by atomic mass is 19.1. The van der Waals surface area contributed by atoms with Gasteiger partial charge in [-0.15, -0.1) is 0 Å². The van der Waals surface area contributed by atoms with E-state index in [1.807, 2.05) is 18.3 Å². The van der Waals surface area contributed by atoms with E-state index >= 15 is 0 Å². The van der Waals surface area contributed by atoms with Gasteiger partial charge in [0.25, 0.3) is 0 Å². The van der Waals surface area contributed by atoms with Gasteiger partial charge in [-0.1, -0.05) is 6.07 Å². The van der Waals surface area contributed by atoms with E-state index in [9.17, 15) is 4.39 Å². The molecule has 0 radical (unpaired) electrons. The number of hydrogen-bond donors (Lipinski definition) is 1. The maximum atomic E-state index is 13.0. The Kier molecular flexibility index (Phi) is 4.86. The normalized spacial score (nSPS) is 10.4. The average Bonchev–Trinajstić information content (AvgIpc) is 2.45. The lowest BCUT2D eigenvalue weighted by Gasteiger charge is -2.24. The SMILES string of the molecule is NCCCN(Cc1cccnc1)c1ccc(F)cc1. The van der Waals surface area contributed by atoms with Crippen LogP contribution in [0.1, 0.15) is 12.0 Å². The molecule has 2 rings (SSSR count). The molecule has 2 aromatic rings. The van der Waals surface area contributed by atoms with E-state index in [2.05, 4.69) is 9.88 Å². The van der Waals surface area contributed by atoms with Crippen molar-refractivity contribution in [2.24, 2.45) is 5.73 Å². The Morgan fingerprint density at radius 3 is 2.58 bits per heavy atom. The van der Waals surface area contributed by atoms with Crippen LogP contribution in [0.25, 0.3) is 0 Å². The maximum absolute atomic E-state index is 13.0. The number of rotatable bonds is 6. The predicted molar refractivity (Wildman–Crippen MR) is 75.4 cm³/mol. The molecule has 1 aromatic heterocycles. The number of halogens is 1. The van der Waals surface area contributed by atoms with Crippen LogP contribution in [0.2, 0.25) is 0 Å². The van der Waals surface area contributed by atoms with Crippen molar-refractivity contribution in [2.45, 2.75) is 13.0 Å². The monoisotopic (exact) mass is 259 g/mol. The Morgan fingerprint density at radius 1 is 1.16 bits per heavy atom. The van der Waals surface area contributed by atoms with Gasteiger partial charge in [0.1, 0.15) is 5.82 Å². The van der Waals surface area contributed by atoms with Crippen LogP contribution in [0.3, 0.4) is 0 Å². The van der Waals surface area contributed by atoms with Crippen molar-refractivity contribution >= 4 is 5.69 Å². The van der Waals surface area contributed by atoms with Crippen molar-refractivity contribution in [1.82, 2.24) is 4.98 Å². The third kappa shape index (κ3) is 4.03. The Morgan fingerprint density at radius 2 is 1.95 bits per heavy atom. The molecule has 0 saturated heterocycles. The van der Waals surface area contributed by atoms with Crippen molar-refractivity contribution in [3.05, 3.63) is 60.2 Å². The first-order valence-electron chi connectivity index (χ1n) is 6.39. The van der Waals surface area contributed by atoms with Crippen LogP contribution < -0.4 is 10.6 Å². The number of nitrogens with zero attached hydrogens (tertiary/aromatic N) is 2. The Bertz CT molecular complexity index is 485. The first kappa shape index (κ1) is 13.5. The summed E-state index contributed by atoms with van der Waals surface area (Å²) in [5, 5.41) is 0. The van der Waals surface area contributed by atoms with Crippen molar-refractivity contribution in [3.63, 3.8) is 0 Å². The minimum atomic E-state index is -0.219. The fraction of sp³-hybridized carbons (Fsp3) is 0.267.